The molecule has 0 aliphatic heterocycles. The highest BCUT2D eigenvalue weighted by atomic mass is 16.2. The van der Waals surface area contributed by atoms with E-state index in [4.69, 9.17) is 0 Å². The van der Waals surface area contributed by atoms with Crippen molar-refractivity contribution in [3.05, 3.63) is 35.9 Å². The van der Waals surface area contributed by atoms with Gasteiger partial charge in [-0.15, -0.1) is 0 Å². The number of carbonyl (C=O) groups is 3. The van der Waals surface area contributed by atoms with Crippen molar-refractivity contribution in [1.29, 1.82) is 0 Å². The summed E-state index contributed by atoms with van der Waals surface area (Å²) in [5.74, 6) is -0.879. The SMILES string of the molecule is CCCNC(=O)CNC(=O)C(NC(=O)Cc1ccccc1)C(C)C. The first kappa shape index (κ1) is 19.7. The fraction of sp³-hybridized carbons (Fsp3) is 0.500. The lowest BCUT2D eigenvalue weighted by molar-refractivity contribution is -0.131. The minimum Gasteiger partial charge on any atom is -0.355 e. The Kier molecular flexibility index (Phi) is 8.54. The van der Waals surface area contributed by atoms with Gasteiger partial charge in [-0.1, -0.05) is 51.1 Å². The lowest BCUT2D eigenvalue weighted by Gasteiger charge is -2.21. The van der Waals surface area contributed by atoms with Crippen LogP contribution in [0, 0.1) is 5.92 Å². The summed E-state index contributed by atoms with van der Waals surface area (Å²) in [6.45, 7) is 6.15. The predicted molar refractivity (Wildman–Crippen MR) is 93.2 cm³/mol. The molecule has 132 valence electrons. The zero-order chi connectivity index (χ0) is 17.9. The van der Waals surface area contributed by atoms with Gasteiger partial charge in [0, 0.05) is 6.54 Å². The van der Waals surface area contributed by atoms with Crippen LogP contribution in [0.2, 0.25) is 0 Å². The number of amides is 3. The summed E-state index contributed by atoms with van der Waals surface area (Å²) in [5.41, 5.74) is 0.886. The van der Waals surface area contributed by atoms with Crippen LogP contribution in [-0.2, 0) is 20.8 Å². The number of nitrogens with one attached hydrogen (secondary N) is 3. The normalized spacial score (nSPS) is 11.7. The molecule has 0 fully saturated rings. The second-order valence-electron chi connectivity index (χ2n) is 6.02. The zero-order valence-corrected chi connectivity index (χ0v) is 14.6. The summed E-state index contributed by atoms with van der Waals surface area (Å²) < 4.78 is 0. The Hall–Kier alpha value is -2.37. The molecule has 0 saturated heterocycles. The van der Waals surface area contributed by atoms with E-state index in [0.29, 0.717) is 6.54 Å². The number of hydrogen-bond donors (Lipinski definition) is 3. The standard InChI is InChI=1S/C18H27N3O3/c1-4-10-19-16(23)12-20-18(24)17(13(2)3)21-15(22)11-14-8-6-5-7-9-14/h5-9,13,17H,4,10-12H2,1-3H3,(H,19,23)(H,20,24)(H,21,22). The minimum absolute atomic E-state index is 0.0802. The number of benzene rings is 1. The molecule has 0 saturated carbocycles. The molecule has 0 radical (unpaired) electrons. The molecule has 24 heavy (non-hydrogen) atoms. The number of carbonyl (C=O) groups excluding carboxylic acids is 3. The number of rotatable bonds is 9. The highest BCUT2D eigenvalue weighted by Gasteiger charge is 2.24. The summed E-state index contributed by atoms with van der Waals surface area (Å²) in [6.07, 6.45) is 1.05. The van der Waals surface area contributed by atoms with Gasteiger partial charge < -0.3 is 16.0 Å². The van der Waals surface area contributed by atoms with Crippen LogP contribution < -0.4 is 16.0 Å². The fourth-order valence-electron chi connectivity index (χ4n) is 2.14. The highest BCUT2D eigenvalue weighted by Crippen LogP contribution is 2.04. The van der Waals surface area contributed by atoms with Crippen LogP contribution in [0.3, 0.4) is 0 Å². The van der Waals surface area contributed by atoms with Gasteiger partial charge in [0.25, 0.3) is 0 Å². The Labute approximate surface area is 143 Å². The van der Waals surface area contributed by atoms with E-state index >= 15 is 0 Å². The average Bonchev–Trinajstić information content (AvgIpc) is 2.56. The maximum Gasteiger partial charge on any atom is 0.243 e. The van der Waals surface area contributed by atoms with Crippen LogP contribution in [0.15, 0.2) is 30.3 Å². The van der Waals surface area contributed by atoms with E-state index in [1.54, 1.807) is 0 Å². The van der Waals surface area contributed by atoms with Gasteiger partial charge in [0.15, 0.2) is 0 Å². The Morgan fingerprint density at radius 2 is 1.67 bits per heavy atom. The summed E-state index contributed by atoms with van der Waals surface area (Å²) in [6, 6.07) is 8.67. The Balaban J connectivity index is 2.51. The molecule has 1 rings (SSSR count). The largest absolute Gasteiger partial charge is 0.355 e. The molecule has 3 N–H and O–H groups in total. The van der Waals surface area contributed by atoms with Crippen molar-refractivity contribution in [2.45, 2.75) is 39.7 Å². The van der Waals surface area contributed by atoms with Crippen LogP contribution in [-0.4, -0.2) is 36.9 Å². The van der Waals surface area contributed by atoms with E-state index in [0.717, 1.165) is 12.0 Å². The summed E-state index contributed by atoms with van der Waals surface area (Å²) in [7, 11) is 0. The van der Waals surface area contributed by atoms with Gasteiger partial charge in [0.05, 0.1) is 13.0 Å². The van der Waals surface area contributed by atoms with Crippen molar-refractivity contribution in [3.8, 4) is 0 Å². The number of hydrogen-bond acceptors (Lipinski definition) is 3. The molecule has 0 heterocycles. The van der Waals surface area contributed by atoms with Crippen molar-refractivity contribution in [2.24, 2.45) is 5.92 Å². The van der Waals surface area contributed by atoms with Crippen LogP contribution in [0.4, 0.5) is 0 Å². The Morgan fingerprint density at radius 3 is 2.25 bits per heavy atom. The third-order valence-electron chi connectivity index (χ3n) is 3.47. The Morgan fingerprint density at radius 1 is 1.00 bits per heavy atom. The molecule has 0 aromatic heterocycles. The molecule has 3 amide bonds. The molecule has 1 aromatic carbocycles. The Bertz CT molecular complexity index is 544. The molecular weight excluding hydrogens is 306 g/mol. The van der Waals surface area contributed by atoms with Crippen molar-refractivity contribution in [3.63, 3.8) is 0 Å². The van der Waals surface area contributed by atoms with Crippen molar-refractivity contribution >= 4 is 17.7 Å². The molecule has 6 heteroatoms. The second kappa shape index (κ2) is 10.4. The minimum atomic E-state index is -0.666. The summed E-state index contributed by atoms with van der Waals surface area (Å²) in [4.78, 5) is 35.9. The quantitative estimate of drug-likeness (QED) is 0.630. The van der Waals surface area contributed by atoms with E-state index in [2.05, 4.69) is 16.0 Å². The maximum atomic E-state index is 12.2. The summed E-state index contributed by atoms with van der Waals surface area (Å²) in [5, 5.41) is 8.01. The van der Waals surface area contributed by atoms with Crippen molar-refractivity contribution in [1.82, 2.24) is 16.0 Å². The molecule has 1 atom stereocenters. The topological polar surface area (TPSA) is 87.3 Å². The molecular formula is C18H27N3O3. The third-order valence-corrected chi connectivity index (χ3v) is 3.47. The van der Waals surface area contributed by atoms with E-state index in [1.165, 1.54) is 0 Å². The van der Waals surface area contributed by atoms with Crippen LogP contribution in [0.25, 0.3) is 0 Å². The monoisotopic (exact) mass is 333 g/mol. The lowest BCUT2D eigenvalue weighted by Crippen LogP contribution is -2.51. The molecule has 0 spiro atoms. The average molecular weight is 333 g/mol. The van der Waals surface area contributed by atoms with E-state index in [9.17, 15) is 14.4 Å². The van der Waals surface area contributed by atoms with Gasteiger partial charge in [-0.25, -0.2) is 0 Å². The van der Waals surface area contributed by atoms with Crippen LogP contribution >= 0.6 is 0 Å². The van der Waals surface area contributed by atoms with Gasteiger partial charge in [0.2, 0.25) is 17.7 Å². The van der Waals surface area contributed by atoms with Crippen molar-refractivity contribution in [2.75, 3.05) is 13.1 Å². The first-order valence-electron chi connectivity index (χ1n) is 8.31. The molecule has 0 aliphatic carbocycles. The van der Waals surface area contributed by atoms with E-state index < -0.39 is 6.04 Å². The molecule has 1 unspecified atom stereocenters. The second-order valence-corrected chi connectivity index (χ2v) is 6.02. The first-order valence-corrected chi connectivity index (χ1v) is 8.31. The molecule has 0 aliphatic rings. The maximum absolute atomic E-state index is 12.2. The van der Waals surface area contributed by atoms with Crippen LogP contribution in [0.5, 0.6) is 0 Å². The first-order chi connectivity index (χ1) is 11.4. The van der Waals surface area contributed by atoms with Crippen molar-refractivity contribution < 1.29 is 14.4 Å². The van der Waals surface area contributed by atoms with Gasteiger partial charge in [-0.05, 0) is 17.9 Å². The zero-order valence-electron chi connectivity index (χ0n) is 14.6. The van der Waals surface area contributed by atoms with Gasteiger partial charge in [-0.2, -0.15) is 0 Å². The molecule has 0 bridgehead atoms. The lowest BCUT2D eigenvalue weighted by atomic mass is 10.0. The van der Waals surface area contributed by atoms with E-state index in [1.807, 2.05) is 51.1 Å². The van der Waals surface area contributed by atoms with Gasteiger partial charge in [-0.3, -0.25) is 14.4 Å². The molecule has 6 nitrogen and oxygen atoms in total. The van der Waals surface area contributed by atoms with Gasteiger partial charge >= 0.3 is 0 Å². The third kappa shape index (κ3) is 7.26. The smallest absolute Gasteiger partial charge is 0.243 e. The van der Waals surface area contributed by atoms with E-state index in [-0.39, 0.29) is 36.6 Å². The molecule has 1 aromatic rings. The van der Waals surface area contributed by atoms with Gasteiger partial charge in [0.1, 0.15) is 6.04 Å². The predicted octanol–water partition coefficient (Wildman–Crippen LogP) is 1.01. The van der Waals surface area contributed by atoms with Crippen LogP contribution in [0.1, 0.15) is 32.8 Å². The summed E-state index contributed by atoms with van der Waals surface area (Å²) >= 11 is 0. The highest BCUT2D eigenvalue weighted by molar-refractivity contribution is 5.91. The fourth-order valence-corrected chi connectivity index (χ4v) is 2.14.